The molecule has 3 rings (SSSR count). The first-order valence-corrected chi connectivity index (χ1v) is 6.57. The molecule has 96 valence electrons. The molecule has 0 radical (unpaired) electrons. The van der Waals surface area contributed by atoms with Gasteiger partial charge in [-0.05, 0) is 29.8 Å². The molecule has 0 atom stereocenters. The summed E-state index contributed by atoms with van der Waals surface area (Å²) in [7, 11) is 0. The minimum Gasteiger partial charge on any atom is -0.408 e. The summed E-state index contributed by atoms with van der Waals surface area (Å²) in [5, 5.41) is 0. The van der Waals surface area contributed by atoms with Crippen LogP contribution in [0.1, 0.15) is 5.56 Å². The summed E-state index contributed by atoms with van der Waals surface area (Å²) in [4.78, 5) is 11.9. The van der Waals surface area contributed by atoms with Crippen molar-refractivity contribution in [3.63, 3.8) is 0 Å². The Morgan fingerprint density at radius 2 is 2.00 bits per heavy atom. The highest BCUT2D eigenvalue weighted by molar-refractivity contribution is 9.10. The smallest absolute Gasteiger partial charge is 0.408 e. The molecule has 2 aromatic carbocycles. The predicted octanol–water partition coefficient (Wildman–Crippen LogP) is 2.99. The minimum absolute atomic E-state index is 0.372. The normalized spacial score (nSPS) is 11.0. The molecule has 4 nitrogen and oxygen atoms in total. The van der Waals surface area contributed by atoms with E-state index in [1.54, 1.807) is 10.6 Å². The van der Waals surface area contributed by atoms with E-state index in [0.717, 1.165) is 15.6 Å². The van der Waals surface area contributed by atoms with Crippen molar-refractivity contribution in [2.75, 3.05) is 5.73 Å². The molecule has 0 fully saturated rings. The molecular formula is C14H11BrN2O2. The van der Waals surface area contributed by atoms with Crippen LogP contribution in [0.3, 0.4) is 0 Å². The van der Waals surface area contributed by atoms with Gasteiger partial charge in [0.2, 0.25) is 0 Å². The van der Waals surface area contributed by atoms with Gasteiger partial charge in [-0.25, -0.2) is 4.79 Å². The van der Waals surface area contributed by atoms with Crippen LogP contribution in [0, 0.1) is 0 Å². The number of aromatic nitrogens is 1. The summed E-state index contributed by atoms with van der Waals surface area (Å²) < 4.78 is 7.69. The topological polar surface area (TPSA) is 61.2 Å². The van der Waals surface area contributed by atoms with Gasteiger partial charge in [0.25, 0.3) is 0 Å². The number of anilines is 1. The van der Waals surface area contributed by atoms with E-state index < -0.39 is 0 Å². The van der Waals surface area contributed by atoms with E-state index >= 15 is 0 Å². The number of benzene rings is 2. The van der Waals surface area contributed by atoms with E-state index in [9.17, 15) is 4.79 Å². The molecule has 0 unspecified atom stereocenters. The average Bonchev–Trinajstić information content (AvgIpc) is 2.69. The van der Waals surface area contributed by atoms with Crippen molar-refractivity contribution in [3.8, 4) is 0 Å². The summed E-state index contributed by atoms with van der Waals surface area (Å²) in [5.74, 6) is -0.372. The molecule has 0 saturated carbocycles. The lowest BCUT2D eigenvalue weighted by molar-refractivity contribution is 0.518. The van der Waals surface area contributed by atoms with E-state index in [1.165, 1.54) is 0 Å². The van der Waals surface area contributed by atoms with Gasteiger partial charge in [0.15, 0.2) is 5.58 Å². The Labute approximate surface area is 117 Å². The summed E-state index contributed by atoms with van der Waals surface area (Å²) in [6.45, 7) is 0.398. The Hall–Kier alpha value is -2.01. The average molecular weight is 319 g/mol. The number of nitrogens with two attached hydrogens (primary N) is 1. The maximum Gasteiger partial charge on any atom is 0.420 e. The molecular weight excluding hydrogens is 308 g/mol. The highest BCUT2D eigenvalue weighted by atomic mass is 79.9. The number of fused-ring (bicyclic) bond motifs is 1. The van der Waals surface area contributed by atoms with Gasteiger partial charge in [-0.3, -0.25) is 4.57 Å². The first-order valence-electron chi connectivity index (χ1n) is 5.77. The fourth-order valence-electron chi connectivity index (χ4n) is 2.04. The van der Waals surface area contributed by atoms with Crippen LogP contribution in [-0.2, 0) is 6.54 Å². The Bertz CT molecular complexity index is 805. The third-order valence-electron chi connectivity index (χ3n) is 3.01. The highest BCUT2D eigenvalue weighted by Crippen LogP contribution is 2.21. The van der Waals surface area contributed by atoms with Crippen LogP contribution >= 0.6 is 15.9 Å². The molecule has 3 aromatic rings. The van der Waals surface area contributed by atoms with Gasteiger partial charge in [0.05, 0.1) is 12.1 Å². The third kappa shape index (κ3) is 2.17. The second-order valence-corrected chi connectivity index (χ2v) is 5.18. The first kappa shape index (κ1) is 12.0. The van der Waals surface area contributed by atoms with Gasteiger partial charge in [-0.2, -0.15) is 0 Å². The molecule has 0 aliphatic rings. The predicted molar refractivity (Wildman–Crippen MR) is 78.1 cm³/mol. The van der Waals surface area contributed by atoms with Crippen LogP contribution in [0.2, 0.25) is 0 Å². The van der Waals surface area contributed by atoms with Gasteiger partial charge in [-0.1, -0.05) is 34.1 Å². The highest BCUT2D eigenvalue weighted by Gasteiger charge is 2.10. The van der Waals surface area contributed by atoms with E-state index in [4.69, 9.17) is 10.2 Å². The van der Waals surface area contributed by atoms with E-state index in [0.29, 0.717) is 17.8 Å². The summed E-state index contributed by atoms with van der Waals surface area (Å²) >= 11 is 3.36. The van der Waals surface area contributed by atoms with Crippen LogP contribution in [0.5, 0.6) is 0 Å². The van der Waals surface area contributed by atoms with Crippen LogP contribution in [0.15, 0.2) is 56.1 Å². The Balaban J connectivity index is 2.10. The number of para-hydroxylation sites is 2. The van der Waals surface area contributed by atoms with E-state index in [-0.39, 0.29) is 5.76 Å². The lowest BCUT2D eigenvalue weighted by Gasteiger charge is -2.06. The summed E-state index contributed by atoms with van der Waals surface area (Å²) in [6, 6.07) is 13.0. The van der Waals surface area contributed by atoms with Crippen LogP contribution in [-0.4, -0.2) is 4.57 Å². The first-order chi connectivity index (χ1) is 9.15. The zero-order valence-electron chi connectivity index (χ0n) is 9.97. The van der Waals surface area contributed by atoms with Gasteiger partial charge in [0.1, 0.15) is 0 Å². The second-order valence-electron chi connectivity index (χ2n) is 4.26. The maximum absolute atomic E-state index is 11.9. The summed E-state index contributed by atoms with van der Waals surface area (Å²) in [5.41, 5.74) is 8.85. The standard InChI is InChI=1S/C14H11BrN2O2/c15-10-6-5-9(11(16)7-10)8-17-12-3-1-2-4-13(12)19-14(17)18/h1-7H,8,16H2. The van der Waals surface area contributed by atoms with Crippen molar-refractivity contribution in [2.45, 2.75) is 6.54 Å². The number of rotatable bonds is 2. The van der Waals surface area contributed by atoms with Gasteiger partial charge < -0.3 is 10.2 Å². The zero-order chi connectivity index (χ0) is 13.4. The van der Waals surface area contributed by atoms with Crippen molar-refractivity contribution in [1.29, 1.82) is 0 Å². The fraction of sp³-hybridized carbons (Fsp3) is 0.0714. The number of nitrogen functional groups attached to an aromatic ring is 1. The molecule has 0 aliphatic carbocycles. The Morgan fingerprint density at radius 3 is 2.79 bits per heavy atom. The number of nitrogens with zero attached hydrogens (tertiary/aromatic N) is 1. The van der Waals surface area contributed by atoms with Crippen LogP contribution in [0.4, 0.5) is 5.69 Å². The molecule has 0 saturated heterocycles. The molecule has 2 N–H and O–H groups in total. The van der Waals surface area contributed by atoms with Crippen molar-refractivity contribution in [1.82, 2.24) is 4.57 Å². The largest absolute Gasteiger partial charge is 0.420 e. The monoisotopic (exact) mass is 318 g/mol. The lowest BCUT2D eigenvalue weighted by atomic mass is 10.2. The molecule has 5 heteroatoms. The van der Waals surface area contributed by atoms with Crippen LogP contribution < -0.4 is 11.5 Å². The fourth-order valence-corrected chi connectivity index (χ4v) is 2.42. The lowest BCUT2D eigenvalue weighted by Crippen LogP contribution is -2.15. The van der Waals surface area contributed by atoms with E-state index in [2.05, 4.69) is 15.9 Å². The summed E-state index contributed by atoms with van der Waals surface area (Å²) in [6.07, 6.45) is 0. The minimum atomic E-state index is -0.372. The zero-order valence-corrected chi connectivity index (χ0v) is 11.6. The van der Waals surface area contributed by atoms with Crippen molar-refractivity contribution >= 4 is 32.7 Å². The number of hydrogen-bond donors (Lipinski definition) is 1. The second kappa shape index (κ2) is 4.59. The van der Waals surface area contributed by atoms with E-state index in [1.807, 2.05) is 36.4 Å². The SMILES string of the molecule is Nc1cc(Br)ccc1Cn1c(=O)oc2ccccc21. The Morgan fingerprint density at radius 1 is 1.21 bits per heavy atom. The maximum atomic E-state index is 11.9. The molecule has 1 aromatic heterocycles. The third-order valence-corrected chi connectivity index (χ3v) is 3.50. The van der Waals surface area contributed by atoms with Crippen LogP contribution in [0.25, 0.3) is 11.1 Å². The number of hydrogen-bond acceptors (Lipinski definition) is 3. The molecule has 1 heterocycles. The molecule has 0 bridgehead atoms. The van der Waals surface area contributed by atoms with Crippen molar-refractivity contribution in [3.05, 3.63) is 63.1 Å². The molecule has 0 amide bonds. The van der Waals surface area contributed by atoms with Gasteiger partial charge in [0, 0.05) is 10.2 Å². The number of oxazole rings is 1. The quantitative estimate of drug-likeness (QED) is 0.739. The number of halogens is 1. The van der Waals surface area contributed by atoms with Crippen molar-refractivity contribution in [2.24, 2.45) is 0 Å². The molecule has 0 spiro atoms. The Kier molecular flexibility index (Phi) is 2.91. The molecule has 0 aliphatic heterocycles. The molecule has 19 heavy (non-hydrogen) atoms. The van der Waals surface area contributed by atoms with Gasteiger partial charge in [-0.15, -0.1) is 0 Å². The van der Waals surface area contributed by atoms with Crippen molar-refractivity contribution < 1.29 is 4.42 Å². The van der Waals surface area contributed by atoms with Gasteiger partial charge >= 0.3 is 5.76 Å².